The van der Waals surface area contributed by atoms with Crippen molar-refractivity contribution in [1.82, 2.24) is 0 Å². The molecular formula is C17H16BrClN2O5. The molecule has 0 aromatic heterocycles. The van der Waals surface area contributed by atoms with Crippen molar-refractivity contribution in [2.45, 2.75) is 19.8 Å². The van der Waals surface area contributed by atoms with Crippen LogP contribution in [0.2, 0.25) is 5.02 Å². The average Bonchev–Trinajstić information content (AvgIpc) is 2.59. The molecule has 3 N–H and O–H groups in total. The second-order valence-electron chi connectivity index (χ2n) is 5.26. The van der Waals surface area contributed by atoms with E-state index in [0.29, 0.717) is 10.0 Å². The van der Waals surface area contributed by atoms with Crippen molar-refractivity contribution in [1.29, 1.82) is 5.26 Å². The Morgan fingerprint density at radius 1 is 1.58 bits per heavy atom. The van der Waals surface area contributed by atoms with Crippen LogP contribution in [0.5, 0.6) is 11.5 Å². The Labute approximate surface area is 163 Å². The Bertz CT molecular complexity index is 873. The fourth-order valence-corrected chi connectivity index (χ4v) is 3.38. The predicted octanol–water partition coefficient (Wildman–Crippen LogP) is 3.46. The van der Waals surface area contributed by atoms with Gasteiger partial charge in [0.05, 0.1) is 25.2 Å². The molecule has 1 aromatic carbocycles. The van der Waals surface area contributed by atoms with Crippen LogP contribution in [0, 0.1) is 11.3 Å². The molecule has 0 aliphatic carbocycles. The number of allylic oxidation sites excluding steroid dienone is 2. The number of phenolic OH excluding ortho intramolecular Hbond substituents is 1. The number of benzene rings is 1. The van der Waals surface area contributed by atoms with E-state index >= 15 is 0 Å². The minimum atomic E-state index is -0.908. The zero-order chi connectivity index (χ0) is 19.6. The van der Waals surface area contributed by atoms with Gasteiger partial charge in [-0.15, -0.1) is 0 Å². The Morgan fingerprint density at radius 3 is 2.77 bits per heavy atom. The summed E-state index contributed by atoms with van der Waals surface area (Å²) in [5.41, 5.74) is 6.38. The number of rotatable bonds is 4. The van der Waals surface area contributed by atoms with Crippen molar-refractivity contribution in [3.63, 3.8) is 0 Å². The van der Waals surface area contributed by atoms with E-state index in [1.165, 1.54) is 13.2 Å². The lowest BCUT2D eigenvalue weighted by atomic mass is 9.83. The number of nitrogens with two attached hydrogens (primary N) is 1. The summed E-state index contributed by atoms with van der Waals surface area (Å²) in [6.45, 7) is 3.36. The van der Waals surface area contributed by atoms with Gasteiger partial charge in [0.25, 0.3) is 0 Å². The normalized spacial score (nSPS) is 16.8. The first-order valence-corrected chi connectivity index (χ1v) is 8.65. The van der Waals surface area contributed by atoms with Gasteiger partial charge in [0, 0.05) is 4.47 Å². The van der Waals surface area contributed by atoms with Gasteiger partial charge in [-0.05, 0) is 41.4 Å². The van der Waals surface area contributed by atoms with Gasteiger partial charge in [-0.1, -0.05) is 11.6 Å². The van der Waals surface area contributed by atoms with E-state index in [1.807, 2.05) is 6.07 Å². The first kappa shape index (κ1) is 19.9. The number of hydrogen-bond acceptors (Lipinski definition) is 7. The quantitative estimate of drug-likeness (QED) is 0.685. The van der Waals surface area contributed by atoms with Gasteiger partial charge < -0.3 is 25.1 Å². The largest absolute Gasteiger partial charge is 0.503 e. The molecule has 26 heavy (non-hydrogen) atoms. The Hall–Kier alpha value is -2.37. The maximum atomic E-state index is 12.5. The van der Waals surface area contributed by atoms with Crippen LogP contribution >= 0.6 is 27.5 Å². The van der Waals surface area contributed by atoms with Gasteiger partial charge >= 0.3 is 5.97 Å². The molecule has 9 heteroatoms. The molecule has 0 bridgehead atoms. The number of esters is 1. The maximum Gasteiger partial charge on any atom is 0.338 e. The highest BCUT2D eigenvalue weighted by Crippen LogP contribution is 2.49. The highest BCUT2D eigenvalue weighted by molar-refractivity contribution is 9.10. The summed E-state index contributed by atoms with van der Waals surface area (Å²) < 4.78 is 15.9. The molecule has 1 aliphatic rings. The van der Waals surface area contributed by atoms with E-state index in [4.69, 9.17) is 31.5 Å². The molecule has 1 atom stereocenters. The molecule has 138 valence electrons. The third-order valence-corrected chi connectivity index (χ3v) is 5.26. The van der Waals surface area contributed by atoms with Gasteiger partial charge in [-0.2, -0.15) is 5.26 Å². The summed E-state index contributed by atoms with van der Waals surface area (Å²) in [7, 11) is 1.36. The topological polar surface area (TPSA) is 115 Å². The maximum absolute atomic E-state index is 12.5. The van der Waals surface area contributed by atoms with Gasteiger partial charge in [0.15, 0.2) is 11.5 Å². The molecule has 7 nitrogen and oxygen atoms in total. The third-order valence-electron chi connectivity index (χ3n) is 3.81. The molecule has 1 unspecified atom stereocenters. The number of nitriles is 1. The van der Waals surface area contributed by atoms with Crippen molar-refractivity contribution in [3.8, 4) is 17.6 Å². The highest BCUT2D eigenvalue weighted by Gasteiger charge is 2.38. The van der Waals surface area contributed by atoms with E-state index in [2.05, 4.69) is 15.9 Å². The molecule has 0 spiro atoms. The first-order chi connectivity index (χ1) is 12.3. The van der Waals surface area contributed by atoms with Crippen LogP contribution in [-0.4, -0.2) is 24.8 Å². The fraction of sp³-hybridized carbons (Fsp3) is 0.294. The number of carbonyl (C=O) groups is 1. The average molecular weight is 444 g/mol. The highest BCUT2D eigenvalue weighted by atomic mass is 79.9. The molecule has 1 aliphatic heterocycles. The molecule has 0 fully saturated rings. The van der Waals surface area contributed by atoms with Crippen LogP contribution in [0.3, 0.4) is 0 Å². The number of methoxy groups -OCH3 is 1. The second-order valence-corrected chi connectivity index (χ2v) is 6.43. The van der Waals surface area contributed by atoms with Crippen LogP contribution in [-0.2, 0) is 14.3 Å². The number of nitrogens with zero attached hydrogens (tertiary/aromatic N) is 1. The summed E-state index contributed by atoms with van der Waals surface area (Å²) in [5, 5.41) is 19.6. The van der Waals surface area contributed by atoms with Gasteiger partial charge in [-0.25, -0.2) is 4.79 Å². The van der Waals surface area contributed by atoms with Crippen LogP contribution in [0.15, 0.2) is 33.3 Å². The Balaban J connectivity index is 2.80. The van der Waals surface area contributed by atoms with Crippen molar-refractivity contribution >= 4 is 33.5 Å². The standard InChI is InChI=1S/C17H16BrClN2O5/c1-4-25-17(23)11-7(2)26-16(21)9(6-20)12(11)8-5-10(24-3)15(22)14(19)13(8)18/h5,12,22H,4,21H2,1-3H3. The fourth-order valence-electron chi connectivity index (χ4n) is 2.64. The van der Waals surface area contributed by atoms with Crippen molar-refractivity contribution in [2.75, 3.05) is 13.7 Å². The minimum Gasteiger partial charge on any atom is -0.503 e. The number of aromatic hydroxyl groups is 1. The van der Waals surface area contributed by atoms with E-state index in [1.54, 1.807) is 13.8 Å². The molecular weight excluding hydrogens is 428 g/mol. The Morgan fingerprint density at radius 2 is 2.23 bits per heavy atom. The zero-order valence-corrected chi connectivity index (χ0v) is 16.6. The second kappa shape index (κ2) is 7.89. The lowest BCUT2D eigenvalue weighted by Gasteiger charge is -2.28. The monoisotopic (exact) mass is 442 g/mol. The molecule has 1 heterocycles. The molecule has 0 radical (unpaired) electrons. The van der Waals surface area contributed by atoms with Crippen LogP contribution in [0.4, 0.5) is 0 Å². The molecule has 0 amide bonds. The van der Waals surface area contributed by atoms with Crippen LogP contribution in [0.25, 0.3) is 0 Å². The predicted molar refractivity (Wildman–Crippen MR) is 97.4 cm³/mol. The van der Waals surface area contributed by atoms with Crippen molar-refractivity contribution in [3.05, 3.63) is 43.9 Å². The molecule has 0 saturated heterocycles. The van der Waals surface area contributed by atoms with E-state index < -0.39 is 11.9 Å². The number of hydrogen-bond donors (Lipinski definition) is 2. The molecule has 2 rings (SSSR count). The van der Waals surface area contributed by atoms with Crippen LogP contribution < -0.4 is 10.5 Å². The molecule has 1 aromatic rings. The van der Waals surface area contributed by atoms with Gasteiger partial charge in [-0.3, -0.25) is 0 Å². The lowest BCUT2D eigenvalue weighted by molar-refractivity contribution is -0.139. The Kier molecular flexibility index (Phi) is 6.05. The third kappa shape index (κ3) is 3.32. The van der Waals surface area contributed by atoms with Crippen LogP contribution in [0.1, 0.15) is 25.3 Å². The summed E-state index contributed by atoms with van der Waals surface area (Å²) in [4.78, 5) is 12.5. The number of ether oxygens (including phenoxy) is 3. The number of carbonyl (C=O) groups excluding carboxylic acids is 1. The number of halogens is 2. The lowest BCUT2D eigenvalue weighted by Crippen LogP contribution is -2.25. The zero-order valence-electron chi connectivity index (χ0n) is 14.2. The minimum absolute atomic E-state index is 0.0168. The summed E-state index contributed by atoms with van der Waals surface area (Å²) >= 11 is 9.47. The molecule has 0 saturated carbocycles. The van der Waals surface area contributed by atoms with Gasteiger partial charge in [0.1, 0.15) is 22.4 Å². The van der Waals surface area contributed by atoms with E-state index in [-0.39, 0.29) is 45.9 Å². The summed E-state index contributed by atoms with van der Waals surface area (Å²) in [6.07, 6.45) is 0. The van der Waals surface area contributed by atoms with Crippen molar-refractivity contribution < 1.29 is 24.1 Å². The summed E-state index contributed by atoms with van der Waals surface area (Å²) in [6, 6.07) is 3.44. The van der Waals surface area contributed by atoms with Gasteiger partial charge in [0.2, 0.25) is 5.88 Å². The van der Waals surface area contributed by atoms with Crippen molar-refractivity contribution in [2.24, 2.45) is 5.73 Å². The van der Waals surface area contributed by atoms with E-state index in [9.17, 15) is 15.2 Å². The smallest absolute Gasteiger partial charge is 0.338 e. The number of phenols is 1. The SMILES string of the molecule is CCOC(=O)C1=C(C)OC(N)=C(C#N)C1c1cc(OC)c(O)c(Cl)c1Br. The summed E-state index contributed by atoms with van der Waals surface area (Å²) in [5.74, 6) is -1.67. The first-order valence-electron chi connectivity index (χ1n) is 7.48. The van der Waals surface area contributed by atoms with E-state index in [0.717, 1.165) is 0 Å².